The van der Waals surface area contributed by atoms with E-state index in [1.165, 1.54) is 0 Å². The molecule has 2 atom stereocenters. The van der Waals surface area contributed by atoms with E-state index < -0.39 is 6.04 Å². The molecule has 22 heavy (non-hydrogen) atoms. The Balaban J connectivity index is 1.65. The fraction of sp³-hybridized carbons (Fsp3) is 0.467. The van der Waals surface area contributed by atoms with Gasteiger partial charge in [0.05, 0.1) is 16.1 Å². The van der Waals surface area contributed by atoms with Gasteiger partial charge in [-0.25, -0.2) is 4.79 Å². The zero-order valence-electron chi connectivity index (χ0n) is 12.2. The summed E-state index contributed by atoms with van der Waals surface area (Å²) in [6.45, 7) is 0.671. The first-order valence-corrected chi connectivity index (χ1v) is 8.01. The van der Waals surface area contributed by atoms with Crippen LogP contribution < -0.4 is 10.6 Å². The first-order valence-electron chi connectivity index (χ1n) is 7.26. The molecule has 1 aromatic carbocycles. The minimum absolute atomic E-state index is 0.0446. The van der Waals surface area contributed by atoms with Gasteiger partial charge in [-0.05, 0) is 36.5 Å². The molecule has 5 nitrogen and oxygen atoms in total. The van der Waals surface area contributed by atoms with Crippen LogP contribution in [0.5, 0.6) is 0 Å². The fourth-order valence-electron chi connectivity index (χ4n) is 3.10. The third-order valence-electron chi connectivity index (χ3n) is 4.33. The minimum Gasteiger partial charge on any atom is -0.344 e. The molecule has 2 N–H and O–H groups in total. The second-order valence-corrected chi connectivity index (χ2v) is 6.52. The third-order valence-corrected chi connectivity index (χ3v) is 5.17. The van der Waals surface area contributed by atoms with Gasteiger partial charge in [0.15, 0.2) is 0 Å². The molecule has 2 aliphatic rings. The highest BCUT2D eigenvalue weighted by Gasteiger charge is 2.32. The van der Waals surface area contributed by atoms with E-state index in [0.717, 1.165) is 24.0 Å². The molecular formula is C15H17Cl2N3O2. The van der Waals surface area contributed by atoms with E-state index in [1.807, 2.05) is 6.07 Å². The lowest BCUT2D eigenvalue weighted by atomic mass is 10.1. The maximum Gasteiger partial charge on any atom is 0.315 e. The number of nitrogens with zero attached hydrogens (tertiary/aromatic N) is 1. The smallest absolute Gasteiger partial charge is 0.315 e. The molecule has 0 spiro atoms. The van der Waals surface area contributed by atoms with Gasteiger partial charge in [-0.2, -0.15) is 0 Å². The molecule has 0 saturated carbocycles. The minimum atomic E-state index is -0.431. The summed E-state index contributed by atoms with van der Waals surface area (Å²) < 4.78 is 0. The number of likely N-dealkylation sites (tertiary alicyclic amines) is 1. The molecule has 1 aromatic rings. The largest absolute Gasteiger partial charge is 0.344 e. The van der Waals surface area contributed by atoms with Crippen LogP contribution in [0.4, 0.5) is 4.79 Å². The van der Waals surface area contributed by atoms with Gasteiger partial charge in [0, 0.05) is 13.6 Å². The van der Waals surface area contributed by atoms with E-state index in [1.54, 1.807) is 18.0 Å². The summed E-state index contributed by atoms with van der Waals surface area (Å²) in [6, 6.07) is 2.79. The van der Waals surface area contributed by atoms with Crippen molar-refractivity contribution in [3.63, 3.8) is 0 Å². The van der Waals surface area contributed by atoms with Crippen molar-refractivity contribution in [1.82, 2.24) is 15.5 Å². The van der Waals surface area contributed by atoms with E-state index in [2.05, 4.69) is 10.6 Å². The first kappa shape index (κ1) is 15.4. The van der Waals surface area contributed by atoms with Crippen molar-refractivity contribution in [2.45, 2.75) is 31.3 Å². The van der Waals surface area contributed by atoms with Crippen LogP contribution in [0.2, 0.25) is 10.0 Å². The molecule has 3 rings (SSSR count). The molecule has 1 aliphatic carbocycles. The molecule has 1 saturated heterocycles. The second kappa shape index (κ2) is 5.97. The average Bonchev–Trinajstić information content (AvgIpc) is 3.02. The van der Waals surface area contributed by atoms with Crippen LogP contribution in [0.15, 0.2) is 12.1 Å². The Morgan fingerprint density at radius 2 is 1.95 bits per heavy atom. The highest BCUT2D eigenvalue weighted by Crippen LogP contribution is 2.38. The molecular weight excluding hydrogens is 325 g/mol. The van der Waals surface area contributed by atoms with Gasteiger partial charge in [0.2, 0.25) is 5.91 Å². The summed E-state index contributed by atoms with van der Waals surface area (Å²) in [5.74, 6) is -0.0446. The zero-order chi connectivity index (χ0) is 15.9. The van der Waals surface area contributed by atoms with Crippen molar-refractivity contribution in [1.29, 1.82) is 0 Å². The number of halogens is 2. The van der Waals surface area contributed by atoms with Crippen molar-refractivity contribution in [3.05, 3.63) is 33.3 Å². The van der Waals surface area contributed by atoms with Crippen LogP contribution in [0, 0.1) is 0 Å². The Hall–Kier alpha value is -1.46. The predicted molar refractivity (Wildman–Crippen MR) is 85.2 cm³/mol. The number of nitrogens with one attached hydrogen (secondary N) is 2. The summed E-state index contributed by atoms with van der Waals surface area (Å²) in [4.78, 5) is 25.5. The van der Waals surface area contributed by atoms with Gasteiger partial charge < -0.3 is 15.5 Å². The Labute approximate surface area is 138 Å². The van der Waals surface area contributed by atoms with E-state index >= 15 is 0 Å². The molecule has 118 valence electrons. The molecule has 0 bridgehead atoms. The van der Waals surface area contributed by atoms with E-state index in [-0.39, 0.29) is 18.0 Å². The lowest BCUT2D eigenvalue weighted by Crippen LogP contribution is -2.46. The van der Waals surface area contributed by atoms with Gasteiger partial charge in [0.25, 0.3) is 0 Å². The van der Waals surface area contributed by atoms with E-state index in [0.29, 0.717) is 23.0 Å². The molecule has 0 radical (unpaired) electrons. The van der Waals surface area contributed by atoms with E-state index in [9.17, 15) is 9.59 Å². The van der Waals surface area contributed by atoms with Crippen LogP contribution >= 0.6 is 23.2 Å². The number of rotatable bonds is 2. The summed E-state index contributed by atoms with van der Waals surface area (Å²) in [5, 5.41) is 6.76. The second-order valence-electron chi connectivity index (χ2n) is 5.74. The highest BCUT2D eigenvalue weighted by molar-refractivity contribution is 6.42. The number of carbonyl (C=O) groups is 2. The Morgan fingerprint density at radius 3 is 2.64 bits per heavy atom. The van der Waals surface area contributed by atoms with Crippen molar-refractivity contribution < 1.29 is 9.59 Å². The van der Waals surface area contributed by atoms with Gasteiger partial charge >= 0.3 is 6.03 Å². The molecule has 0 unspecified atom stereocenters. The van der Waals surface area contributed by atoms with E-state index in [4.69, 9.17) is 23.2 Å². The van der Waals surface area contributed by atoms with Gasteiger partial charge in [-0.1, -0.05) is 29.3 Å². The monoisotopic (exact) mass is 341 g/mol. The summed E-state index contributed by atoms with van der Waals surface area (Å²) in [7, 11) is 1.74. The standard InChI is InChI=1S/C15H17Cl2N3O2/c1-20-7-6-12(14(20)21)19-15(22)18-11-5-3-9-8(11)2-4-10(16)13(9)17/h2,4,11-12H,3,5-7H2,1H3,(H2,18,19,22)/t11-,12-/m0/s1. The Morgan fingerprint density at radius 1 is 1.23 bits per heavy atom. The number of carbonyl (C=O) groups excluding carboxylic acids is 2. The van der Waals surface area contributed by atoms with Crippen molar-refractivity contribution in [2.75, 3.05) is 13.6 Å². The maximum atomic E-state index is 12.1. The third kappa shape index (κ3) is 2.75. The summed E-state index contributed by atoms with van der Waals surface area (Å²) in [6.07, 6.45) is 2.21. The summed E-state index contributed by atoms with van der Waals surface area (Å²) in [5.41, 5.74) is 2.00. The topological polar surface area (TPSA) is 61.4 Å². The normalized spacial score (nSPS) is 23.6. The molecule has 0 aromatic heterocycles. The number of benzene rings is 1. The quantitative estimate of drug-likeness (QED) is 0.868. The average molecular weight is 342 g/mol. The van der Waals surface area contributed by atoms with Gasteiger partial charge in [-0.15, -0.1) is 0 Å². The lowest BCUT2D eigenvalue weighted by molar-refractivity contribution is -0.128. The fourth-order valence-corrected chi connectivity index (χ4v) is 3.54. The highest BCUT2D eigenvalue weighted by atomic mass is 35.5. The molecule has 1 aliphatic heterocycles. The van der Waals surface area contributed by atoms with Gasteiger partial charge in [0.1, 0.15) is 6.04 Å². The molecule has 7 heteroatoms. The van der Waals surface area contributed by atoms with Crippen LogP contribution in [0.25, 0.3) is 0 Å². The zero-order valence-corrected chi connectivity index (χ0v) is 13.7. The maximum absolute atomic E-state index is 12.1. The summed E-state index contributed by atoms with van der Waals surface area (Å²) >= 11 is 12.2. The van der Waals surface area contributed by atoms with Crippen LogP contribution in [0.1, 0.15) is 30.0 Å². The predicted octanol–water partition coefficient (Wildman–Crippen LogP) is 2.51. The van der Waals surface area contributed by atoms with Crippen LogP contribution in [-0.4, -0.2) is 36.5 Å². The Bertz CT molecular complexity index is 635. The number of amides is 3. The van der Waals surface area contributed by atoms with Crippen LogP contribution in [-0.2, 0) is 11.2 Å². The SMILES string of the molecule is CN1CC[C@H](NC(=O)N[C@H]2CCc3c2ccc(Cl)c3Cl)C1=O. The van der Waals surface area contributed by atoms with Crippen LogP contribution in [0.3, 0.4) is 0 Å². The van der Waals surface area contributed by atoms with Crippen molar-refractivity contribution in [2.24, 2.45) is 0 Å². The Kier molecular flexibility index (Phi) is 4.19. The molecule has 3 amide bonds. The number of urea groups is 1. The number of hydrogen-bond acceptors (Lipinski definition) is 2. The molecule has 1 heterocycles. The number of fused-ring (bicyclic) bond motifs is 1. The lowest BCUT2D eigenvalue weighted by Gasteiger charge is -2.17. The molecule has 1 fully saturated rings. The number of likely N-dealkylation sites (N-methyl/N-ethyl adjacent to an activating group) is 1. The number of hydrogen-bond donors (Lipinski definition) is 2. The van der Waals surface area contributed by atoms with Crippen molar-refractivity contribution in [3.8, 4) is 0 Å². The first-order chi connectivity index (χ1) is 10.5. The van der Waals surface area contributed by atoms with Gasteiger partial charge in [-0.3, -0.25) is 4.79 Å². The van der Waals surface area contributed by atoms with Crippen molar-refractivity contribution >= 4 is 35.1 Å².